The van der Waals surface area contributed by atoms with Crippen molar-refractivity contribution in [2.45, 2.75) is 20.0 Å². The predicted octanol–water partition coefficient (Wildman–Crippen LogP) is 3.78. The Labute approximate surface area is 161 Å². The third-order valence-electron chi connectivity index (χ3n) is 3.94. The average molecular weight is 381 g/mol. The van der Waals surface area contributed by atoms with Crippen molar-refractivity contribution in [3.05, 3.63) is 65.7 Å². The summed E-state index contributed by atoms with van der Waals surface area (Å²) in [6.07, 6.45) is -1.03. The third kappa shape index (κ3) is 4.38. The molecule has 138 valence electrons. The second-order valence-corrected chi connectivity index (χ2v) is 7.01. The van der Waals surface area contributed by atoms with E-state index in [-0.39, 0.29) is 5.91 Å². The van der Waals surface area contributed by atoms with Gasteiger partial charge in [0.1, 0.15) is 5.01 Å². The van der Waals surface area contributed by atoms with Crippen LogP contribution in [-0.2, 0) is 14.3 Å². The highest BCUT2D eigenvalue weighted by Crippen LogP contribution is 2.30. The number of likely N-dealkylation sites (N-methyl/N-ethyl adjacent to an activating group) is 1. The molecule has 1 heterocycles. The Balaban J connectivity index is 1.85. The SMILES string of the molecule is CC(=O)O[C@H](C(=O)N(C)c1nnc(-c2ccc(C)cc2)s1)c1ccccc1. The molecule has 0 aliphatic heterocycles. The maximum absolute atomic E-state index is 13.0. The van der Waals surface area contributed by atoms with Crippen molar-refractivity contribution in [2.24, 2.45) is 0 Å². The number of amides is 1. The summed E-state index contributed by atoms with van der Waals surface area (Å²) in [6.45, 7) is 3.30. The normalized spacial score (nSPS) is 11.7. The molecule has 0 saturated carbocycles. The van der Waals surface area contributed by atoms with Gasteiger partial charge in [0.25, 0.3) is 5.91 Å². The van der Waals surface area contributed by atoms with E-state index in [4.69, 9.17) is 4.74 Å². The zero-order valence-corrected chi connectivity index (χ0v) is 16.1. The fourth-order valence-corrected chi connectivity index (χ4v) is 3.31. The molecule has 27 heavy (non-hydrogen) atoms. The van der Waals surface area contributed by atoms with E-state index < -0.39 is 12.1 Å². The molecule has 3 aromatic rings. The number of carbonyl (C=O) groups excluding carboxylic acids is 2. The molecule has 0 aliphatic carbocycles. The topological polar surface area (TPSA) is 72.4 Å². The van der Waals surface area contributed by atoms with Crippen molar-refractivity contribution in [3.8, 4) is 10.6 Å². The first-order valence-corrected chi connectivity index (χ1v) is 9.17. The molecule has 0 fully saturated rings. The highest BCUT2D eigenvalue weighted by molar-refractivity contribution is 7.18. The largest absolute Gasteiger partial charge is 0.447 e. The number of anilines is 1. The molecule has 0 bridgehead atoms. The molecule has 0 aliphatic rings. The van der Waals surface area contributed by atoms with Crippen LogP contribution in [-0.4, -0.2) is 29.1 Å². The van der Waals surface area contributed by atoms with Crippen molar-refractivity contribution in [2.75, 3.05) is 11.9 Å². The number of nitrogens with zero attached hydrogens (tertiary/aromatic N) is 3. The number of ether oxygens (including phenoxy) is 1. The van der Waals surface area contributed by atoms with Gasteiger partial charge in [0, 0.05) is 25.1 Å². The van der Waals surface area contributed by atoms with E-state index in [9.17, 15) is 9.59 Å². The van der Waals surface area contributed by atoms with Crippen LogP contribution in [0.5, 0.6) is 0 Å². The molecule has 3 rings (SSSR count). The van der Waals surface area contributed by atoms with E-state index in [1.165, 1.54) is 23.2 Å². The molecule has 0 radical (unpaired) electrons. The highest BCUT2D eigenvalue weighted by Gasteiger charge is 2.29. The van der Waals surface area contributed by atoms with Crippen LogP contribution in [0.1, 0.15) is 24.2 Å². The van der Waals surface area contributed by atoms with E-state index in [0.29, 0.717) is 15.7 Å². The van der Waals surface area contributed by atoms with Gasteiger partial charge in [0.05, 0.1) is 0 Å². The van der Waals surface area contributed by atoms with Gasteiger partial charge in [-0.05, 0) is 6.92 Å². The summed E-state index contributed by atoms with van der Waals surface area (Å²) in [7, 11) is 1.60. The molecular weight excluding hydrogens is 362 g/mol. The van der Waals surface area contributed by atoms with Crippen LogP contribution >= 0.6 is 11.3 Å². The molecular formula is C20H19N3O3S. The number of hydrogen-bond donors (Lipinski definition) is 0. The van der Waals surface area contributed by atoms with Crippen LogP contribution < -0.4 is 4.90 Å². The van der Waals surface area contributed by atoms with Crippen LogP contribution in [0.2, 0.25) is 0 Å². The van der Waals surface area contributed by atoms with Crippen molar-refractivity contribution in [1.82, 2.24) is 10.2 Å². The number of aromatic nitrogens is 2. The Bertz CT molecular complexity index is 939. The van der Waals surface area contributed by atoms with Crippen molar-refractivity contribution in [3.63, 3.8) is 0 Å². The lowest BCUT2D eigenvalue weighted by atomic mass is 10.1. The minimum absolute atomic E-state index is 0.386. The smallest absolute Gasteiger partial charge is 0.303 e. The molecule has 1 atom stereocenters. The second-order valence-electron chi connectivity index (χ2n) is 6.05. The zero-order chi connectivity index (χ0) is 19.4. The van der Waals surface area contributed by atoms with Gasteiger partial charge in [0.15, 0.2) is 0 Å². The minimum Gasteiger partial charge on any atom is -0.447 e. The summed E-state index contributed by atoms with van der Waals surface area (Å²) in [6, 6.07) is 16.8. The standard InChI is InChI=1S/C20H19N3O3S/c1-13-9-11-16(12-10-13)18-21-22-20(27-18)23(3)19(25)17(26-14(2)24)15-7-5-4-6-8-15/h4-12,17H,1-3H3/t17-/m0/s1. The molecule has 1 amide bonds. The van der Waals surface area contributed by atoms with Gasteiger partial charge in [-0.2, -0.15) is 0 Å². The lowest BCUT2D eigenvalue weighted by molar-refractivity contribution is -0.153. The molecule has 0 N–H and O–H groups in total. The Hall–Kier alpha value is -3.06. The highest BCUT2D eigenvalue weighted by atomic mass is 32.1. The van der Waals surface area contributed by atoms with E-state index >= 15 is 0 Å². The molecule has 1 aromatic heterocycles. The third-order valence-corrected chi connectivity index (χ3v) is 4.99. The first-order valence-electron chi connectivity index (χ1n) is 8.36. The van der Waals surface area contributed by atoms with Gasteiger partial charge < -0.3 is 4.74 Å². The lowest BCUT2D eigenvalue weighted by Crippen LogP contribution is -2.33. The quantitative estimate of drug-likeness (QED) is 0.629. The van der Waals surface area contributed by atoms with E-state index in [2.05, 4.69) is 10.2 Å². The monoisotopic (exact) mass is 381 g/mol. The van der Waals surface area contributed by atoms with Crippen molar-refractivity contribution >= 4 is 28.3 Å². The lowest BCUT2D eigenvalue weighted by Gasteiger charge is -2.21. The number of hydrogen-bond acceptors (Lipinski definition) is 6. The summed E-state index contributed by atoms with van der Waals surface area (Å²) >= 11 is 1.30. The molecule has 0 unspecified atom stereocenters. The first kappa shape index (κ1) is 18.7. The van der Waals surface area contributed by atoms with E-state index in [1.54, 1.807) is 31.3 Å². The van der Waals surface area contributed by atoms with Gasteiger partial charge in [-0.15, -0.1) is 10.2 Å². The van der Waals surface area contributed by atoms with Crippen molar-refractivity contribution < 1.29 is 14.3 Å². The van der Waals surface area contributed by atoms with Gasteiger partial charge in [-0.1, -0.05) is 71.5 Å². The Morgan fingerprint density at radius 2 is 1.70 bits per heavy atom. The number of carbonyl (C=O) groups is 2. The van der Waals surface area contributed by atoms with Gasteiger partial charge in [-0.25, -0.2) is 0 Å². The fourth-order valence-electron chi connectivity index (χ4n) is 2.49. The van der Waals surface area contributed by atoms with Crippen LogP contribution in [0, 0.1) is 6.92 Å². The number of benzene rings is 2. The summed E-state index contributed by atoms with van der Waals surface area (Å²) in [5.41, 5.74) is 2.69. The van der Waals surface area contributed by atoms with Crippen molar-refractivity contribution in [1.29, 1.82) is 0 Å². The number of aryl methyl sites for hydroxylation is 1. The Kier molecular flexibility index (Phi) is 5.61. The summed E-state index contributed by atoms with van der Waals surface area (Å²) in [5.74, 6) is -0.911. The number of rotatable bonds is 5. The maximum Gasteiger partial charge on any atom is 0.303 e. The van der Waals surface area contributed by atoms with Crippen LogP contribution in [0.15, 0.2) is 54.6 Å². The van der Waals surface area contributed by atoms with E-state index in [1.807, 2.05) is 37.3 Å². The molecule has 2 aromatic carbocycles. The first-order chi connectivity index (χ1) is 13.0. The molecule has 0 saturated heterocycles. The van der Waals surface area contributed by atoms with Gasteiger partial charge in [-0.3, -0.25) is 14.5 Å². The van der Waals surface area contributed by atoms with Crippen LogP contribution in [0.3, 0.4) is 0 Å². The average Bonchev–Trinajstić information content (AvgIpc) is 3.16. The summed E-state index contributed by atoms with van der Waals surface area (Å²) < 4.78 is 5.27. The molecule has 0 spiro atoms. The Morgan fingerprint density at radius 3 is 2.33 bits per heavy atom. The Morgan fingerprint density at radius 1 is 1.04 bits per heavy atom. The fraction of sp³-hybridized carbons (Fsp3) is 0.200. The van der Waals surface area contributed by atoms with Gasteiger partial charge >= 0.3 is 5.97 Å². The number of esters is 1. The second kappa shape index (κ2) is 8.09. The van der Waals surface area contributed by atoms with Crippen LogP contribution in [0.25, 0.3) is 10.6 Å². The van der Waals surface area contributed by atoms with E-state index in [0.717, 1.165) is 11.1 Å². The molecule has 7 heteroatoms. The van der Waals surface area contributed by atoms with Crippen LogP contribution in [0.4, 0.5) is 5.13 Å². The van der Waals surface area contributed by atoms with Gasteiger partial charge in [0.2, 0.25) is 11.2 Å². The predicted molar refractivity (Wildman–Crippen MR) is 104 cm³/mol. The summed E-state index contributed by atoms with van der Waals surface area (Å²) in [4.78, 5) is 25.8. The molecule has 6 nitrogen and oxygen atoms in total. The minimum atomic E-state index is -1.03. The maximum atomic E-state index is 13.0. The summed E-state index contributed by atoms with van der Waals surface area (Å²) in [5, 5.41) is 9.45. The zero-order valence-electron chi connectivity index (χ0n) is 15.2.